The number of nitrogens with zero attached hydrogens (tertiary/aromatic N) is 1. The van der Waals surface area contributed by atoms with Gasteiger partial charge in [0.05, 0.1) is 4.92 Å². The van der Waals surface area contributed by atoms with Crippen LogP contribution in [-0.4, -0.2) is 27.7 Å². The van der Waals surface area contributed by atoms with Gasteiger partial charge in [-0.1, -0.05) is 6.07 Å². The zero-order valence-corrected chi connectivity index (χ0v) is 11.9. The lowest BCUT2D eigenvalue weighted by molar-refractivity contribution is -0.385. The Morgan fingerprint density at radius 3 is 2.48 bits per heavy atom. The van der Waals surface area contributed by atoms with Crippen LogP contribution in [0.3, 0.4) is 0 Å². The van der Waals surface area contributed by atoms with Gasteiger partial charge in [0.1, 0.15) is 11.2 Å². The largest absolute Gasteiger partial charge is 0.477 e. The Kier molecular flexibility index (Phi) is 4.85. The van der Waals surface area contributed by atoms with Gasteiger partial charge in [0.15, 0.2) is 0 Å². The molecule has 1 amide bonds. The van der Waals surface area contributed by atoms with Gasteiger partial charge in [0, 0.05) is 12.6 Å². The SMILES string of the molecule is CC(C)(C)OC(=O)NCc1ccc(C(=O)O)c([N+](=O)[O-])c1. The van der Waals surface area contributed by atoms with Gasteiger partial charge in [-0.3, -0.25) is 10.1 Å². The Balaban J connectivity index is 2.82. The van der Waals surface area contributed by atoms with Crippen LogP contribution < -0.4 is 5.32 Å². The minimum Gasteiger partial charge on any atom is -0.477 e. The molecule has 1 rings (SSSR count). The fourth-order valence-corrected chi connectivity index (χ4v) is 1.51. The number of carbonyl (C=O) groups excluding carboxylic acids is 1. The van der Waals surface area contributed by atoms with Gasteiger partial charge in [0.25, 0.3) is 5.69 Å². The van der Waals surface area contributed by atoms with Crippen LogP contribution in [0.25, 0.3) is 0 Å². The molecule has 0 unspecified atom stereocenters. The molecule has 8 nitrogen and oxygen atoms in total. The number of nitro benzene ring substituents is 1. The van der Waals surface area contributed by atoms with Gasteiger partial charge in [0.2, 0.25) is 0 Å². The number of ether oxygens (including phenoxy) is 1. The number of carboxylic acids is 1. The van der Waals surface area contributed by atoms with Crippen molar-refractivity contribution in [3.05, 3.63) is 39.4 Å². The second-order valence-electron chi connectivity index (χ2n) is 5.27. The molecule has 0 aliphatic heterocycles. The molecule has 1 aromatic rings. The average Bonchev–Trinajstić information content (AvgIpc) is 2.33. The van der Waals surface area contributed by atoms with Crippen LogP contribution in [0.2, 0.25) is 0 Å². The molecule has 0 aliphatic rings. The second kappa shape index (κ2) is 6.21. The molecule has 21 heavy (non-hydrogen) atoms. The zero-order chi connectivity index (χ0) is 16.2. The summed E-state index contributed by atoms with van der Waals surface area (Å²) in [5, 5.41) is 22.1. The fourth-order valence-electron chi connectivity index (χ4n) is 1.51. The van der Waals surface area contributed by atoms with Gasteiger partial charge in [-0.25, -0.2) is 9.59 Å². The number of nitrogens with one attached hydrogen (secondary N) is 1. The molecule has 114 valence electrons. The summed E-state index contributed by atoms with van der Waals surface area (Å²) in [5.74, 6) is -1.38. The second-order valence-corrected chi connectivity index (χ2v) is 5.27. The molecule has 0 radical (unpaired) electrons. The molecular formula is C13H16N2O6. The van der Waals surface area contributed by atoms with Crippen molar-refractivity contribution in [2.45, 2.75) is 32.9 Å². The third-order valence-corrected chi connectivity index (χ3v) is 2.32. The molecule has 0 heterocycles. The average molecular weight is 296 g/mol. The van der Waals surface area contributed by atoms with Crippen LogP contribution in [0, 0.1) is 10.1 Å². The van der Waals surface area contributed by atoms with E-state index in [0.29, 0.717) is 5.56 Å². The number of carboxylic acid groups (broad SMARTS) is 1. The molecule has 0 atom stereocenters. The predicted molar refractivity (Wildman–Crippen MR) is 73.1 cm³/mol. The maximum atomic E-state index is 11.5. The highest BCUT2D eigenvalue weighted by atomic mass is 16.6. The van der Waals surface area contributed by atoms with Crippen molar-refractivity contribution in [3.8, 4) is 0 Å². The zero-order valence-electron chi connectivity index (χ0n) is 11.9. The molecule has 0 aliphatic carbocycles. The Bertz CT molecular complexity index is 577. The molecule has 0 aromatic heterocycles. The number of alkyl carbamates (subject to hydrolysis) is 1. The van der Waals surface area contributed by atoms with Crippen molar-refractivity contribution in [1.29, 1.82) is 0 Å². The Labute approximate surface area is 120 Å². The van der Waals surface area contributed by atoms with Crippen molar-refractivity contribution in [2.24, 2.45) is 0 Å². The number of hydrogen-bond acceptors (Lipinski definition) is 5. The van der Waals surface area contributed by atoms with E-state index in [1.165, 1.54) is 6.07 Å². The van der Waals surface area contributed by atoms with Crippen molar-refractivity contribution in [3.63, 3.8) is 0 Å². The highest BCUT2D eigenvalue weighted by Crippen LogP contribution is 2.20. The first kappa shape index (κ1) is 16.4. The first-order valence-electron chi connectivity index (χ1n) is 6.07. The maximum Gasteiger partial charge on any atom is 0.407 e. The standard InChI is InChI=1S/C13H16N2O6/c1-13(2,3)21-12(18)14-7-8-4-5-9(11(16)17)10(6-8)15(19)20/h4-6H,7H2,1-3H3,(H,14,18)(H,16,17). The van der Waals surface area contributed by atoms with E-state index in [9.17, 15) is 19.7 Å². The minimum atomic E-state index is -1.38. The van der Waals surface area contributed by atoms with E-state index in [1.54, 1.807) is 20.8 Å². The fraction of sp³-hybridized carbons (Fsp3) is 0.385. The lowest BCUT2D eigenvalue weighted by Crippen LogP contribution is -2.32. The minimum absolute atomic E-state index is 0.00431. The number of carbonyl (C=O) groups is 2. The van der Waals surface area contributed by atoms with E-state index in [-0.39, 0.29) is 6.54 Å². The van der Waals surface area contributed by atoms with E-state index >= 15 is 0 Å². The van der Waals surface area contributed by atoms with Gasteiger partial charge in [-0.2, -0.15) is 0 Å². The monoisotopic (exact) mass is 296 g/mol. The molecule has 0 saturated carbocycles. The van der Waals surface area contributed by atoms with Gasteiger partial charge in [-0.05, 0) is 32.4 Å². The van der Waals surface area contributed by atoms with E-state index < -0.39 is 33.8 Å². The Morgan fingerprint density at radius 1 is 1.38 bits per heavy atom. The smallest absolute Gasteiger partial charge is 0.407 e. The normalized spacial score (nSPS) is 10.8. The maximum absolute atomic E-state index is 11.5. The van der Waals surface area contributed by atoms with Crippen molar-refractivity contribution < 1.29 is 24.4 Å². The Hall–Kier alpha value is -2.64. The summed E-state index contributed by atoms with van der Waals surface area (Å²) >= 11 is 0. The molecule has 0 spiro atoms. The van der Waals surface area contributed by atoms with Crippen LogP contribution in [0.5, 0.6) is 0 Å². The van der Waals surface area contributed by atoms with Crippen molar-refractivity contribution in [2.75, 3.05) is 0 Å². The highest BCUT2D eigenvalue weighted by molar-refractivity contribution is 5.92. The summed E-state index contributed by atoms with van der Waals surface area (Å²) in [7, 11) is 0. The van der Waals surface area contributed by atoms with Gasteiger partial charge < -0.3 is 15.2 Å². The molecular weight excluding hydrogens is 280 g/mol. The van der Waals surface area contributed by atoms with Crippen molar-refractivity contribution in [1.82, 2.24) is 5.32 Å². The number of rotatable bonds is 4. The van der Waals surface area contributed by atoms with E-state index in [0.717, 1.165) is 12.1 Å². The first-order chi connectivity index (χ1) is 9.60. The van der Waals surface area contributed by atoms with Crippen LogP contribution in [0.15, 0.2) is 18.2 Å². The summed E-state index contributed by atoms with van der Waals surface area (Å²) in [6, 6.07) is 3.64. The predicted octanol–water partition coefficient (Wildman–Crippen LogP) is 2.32. The number of benzene rings is 1. The molecule has 0 bridgehead atoms. The van der Waals surface area contributed by atoms with Crippen LogP contribution >= 0.6 is 0 Å². The summed E-state index contributed by atoms with van der Waals surface area (Å²) in [6.45, 7) is 5.12. The molecule has 1 aromatic carbocycles. The van der Waals surface area contributed by atoms with Gasteiger partial charge >= 0.3 is 12.1 Å². The number of amides is 1. The summed E-state index contributed by atoms with van der Waals surface area (Å²) in [4.78, 5) is 32.4. The third-order valence-electron chi connectivity index (χ3n) is 2.32. The van der Waals surface area contributed by atoms with Crippen LogP contribution in [-0.2, 0) is 11.3 Å². The summed E-state index contributed by atoms with van der Waals surface area (Å²) in [6.07, 6.45) is -0.660. The molecule has 0 saturated heterocycles. The lowest BCUT2D eigenvalue weighted by Gasteiger charge is -2.19. The topological polar surface area (TPSA) is 119 Å². The highest BCUT2D eigenvalue weighted by Gasteiger charge is 2.20. The van der Waals surface area contributed by atoms with Crippen LogP contribution in [0.1, 0.15) is 36.7 Å². The van der Waals surface area contributed by atoms with E-state index in [4.69, 9.17) is 9.84 Å². The lowest BCUT2D eigenvalue weighted by atomic mass is 10.1. The number of aromatic carboxylic acids is 1. The van der Waals surface area contributed by atoms with E-state index in [1.807, 2.05) is 0 Å². The Morgan fingerprint density at radius 2 is 2.00 bits per heavy atom. The quantitative estimate of drug-likeness (QED) is 0.650. The number of hydrogen-bond donors (Lipinski definition) is 2. The van der Waals surface area contributed by atoms with Crippen LogP contribution in [0.4, 0.5) is 10.5 Å². The summed E-state index contributed by atoms with van der Waals surface area (Å²) in [5.41, 5.74) is -1.17. The first-order valence-corrected chi connectivity index (χ1v) is 6.07. The molecule has 0 fully saturated rings. The van der Waals surface area contributed by atoms with E-state index in [2.05, 4.69) is 5.32 Å². The molecule has 2 N–H and O–H groups in total. The molecule has 8 heteroatoms. The third kappa shape index (κ3) is 5.09. The van der Waals surface area contributed by atoms with Gasteiger partial charge in [-0.15, -0.1) is 0 Å². The summed E-state index contributed by atoms with van der Waals surface area (Å²) < 4.78 is 5.02. The van der Waals surface area contributed by atoms with Crippen molar-refractivity contribution >= 4 is 17.7 Å². The number of nitro groups is 1.